The standard InChI is InChI=1S/C21H30BrF2NO2/c1-3-5-15-25(18-14-10-9-13-17(18)22)19(16-11-7-6-8-12-16)21(23,24)20(26)27-4-2/h9-10,13-14,16,19H,3-8,11-12,15H2,1-2H3. The van der Waals surface area contributed by atoms with E-state index in [2.05, 4.69) is 15.9 Å². The van der Waals surface area contributed by atoms with Crippen LogP contribution in [0.15, 0.2) is 28.7 Å². The number of alkyl halides is 2. The van der Waals surface area contributed by atoms with Crippen LogP contribution in [0.4, 0.5) is 14.5 Å². The van der Waals surface area contributed by atoms with Crippen molar-refractivity contribution in [2.24, 2.45) is 5.92 Å². The second kappa shape index (κ2) is 10.4. The summed E-state index contributed by atoms with van der Waals surface area (Å²) in [6.45, 7) is 4.04. The zero-order chi connectivity index (χ0) is 19.9. The number of anilines is 1. The Hall–Kier alpha value is -1.17. The Bertz CT molecular complexity index is 606. The number of halogens is 3. The van der Waals surface area contributed by atoms with Crippen molar-refractivity contribution in [2.45, 2.75) is 70.8 Å². The van der Waals surface area contributed by atoms with Gasteiger partial charge in [0.1, 0.15) is 6.04 Å². The maximum absolute atomic E-state index is 15.4. The predicted molar refractivity (Wildman–Crippen MR) is 108 cm³/mol. The van der Waals surface area contributed by atoms with Crippen LogP contribution >= 0.6 is 15.9 Å². The van der Waals surface area contributed by atoms with Crippen molar-refractivity contribution in [3.05, 3.63) is 28.7 Å². The fraction of sp³-hybridized carbons (Fsp3) is 0.667. The molecular formula is C21H30BrF2NO2. The summed E-state index contributed by atoms with van der Waals surface area (Å²) in [4.78, 5) is 14.0. The van der Waals surface area contributed by atoms with E-state index in [4.69, 9.17) is 4.74 Å². The molecule has 1 aliphatic rings. The monoisotopic (exact) mass is 445 g/mol. The Balaban J connectivity index is 2.48. The van der Waals surface area contributed by atoms with Gasteiger partial charge in [0.2, 0.25) is 0 Å². The number of ether oxygens (including phenoxy) is 1. The topological polar surface area (TPSA) is 29.5 Å². The highest BCUT2D eigenvalue weighted by atomic mass is 79.9. The number of hydrogen-bond donors (Lipinski definition) is 0. The molecule has 6 heteroatoms. The summed E-state index contributed by atoms with van der Waals surface area (Å²) in [5.74, 6) is -5.20. The third kappa shape index (κ3) is 5.43. The van der Waals surface area contributed by atoms with Gasteiger partial charge in [0.15, 0.2) is 0 Å². The van der Waals surface area contributed by atoms with Crippen LogP contribution in [-0.2, 0) is 9.53 Å². The molecule has 27 heavy (non-hydrogen) atoms. The number of para-hydroxylation sites is 1. The fourth-order valence-corrected chi connectivity index (χ4v) is 4.48. The van der Waals surface area contributed by atoms with Gasteiger partial charge in [0, 0.05) is 11.0 Å². The third-order valence-corrected chi connectivity index (χ3v) is 5.94. The molecule has 0 N–H and O–H groups in total. The Morgan fingerprint density at radius 3 is 2.52 bits per heavy atom. The Morgan fingerprint density at radius 2 is 1.93 bits per heavy atom. The van der Waals surface area contributed by atoms with E-state index in [1.54, 1.807) is 11.8 Å². The molecule has 1 aromatic rings. The van der Waals surface area contributed by atoms with Crippen molar-refractivity contribution < 1.29 is 18.3 Å². The first-order valence-electron chi connectivity index (χ1n) is 9.99. The van der Waals surface area contributed by atoms with Gasteiger partial charge in [-0.3, -0.25) is 0 Å². The summed E-state index contributed by atoms with van der Waals surface area (Å²) >= 11 is 3.51. The van der Waals surface area contributed by atoms with Crippen molar-refractivity contribution in [3.63, 3.8) is 0 Å². The Kier molecular flexibility index (Phi) is 8.52. The van der Waals surface area contributed by atoms with E-state index in [0.717, 1.165) is 36.6 Å². The van der Waals surface area contributed by atoms with Gasteiger partial charge in [-0.15, -0.1) is 0 Å². The van der Waals surface area contributed by atoms with E-state index in [1.165, 1.54) is 0 Å². The number of carbonyl (C=O) groups excluding carboxylic acids is 1. The number of unbranched alkanes of at least 4 members (excludes halogenated alkanes) is 1. The molecule has 1 aliphatic carbocycles. The SMILES string of the molecule is CCCCN(c1ccccc1Br)C(C1CCCCC1)C(F)(F)C(=O)OCC. The van der Waals surface area contributed by atoms with Gasteiger partial charge in [0.25, 0.3) is 0 Å². The molecule has 0 heterocycles. The second-order valence-corrected chi connectivity index (χ2v) is 8.04. The quantitative estimate of drug-likeness (QED) is 0.423. The summed E-state index contributed by atoms with van der Waals surface area (Å²) in [6.07, 6.45) is 6.03. The average Bonchev–Trinajstić information content (AvgIpc) is 2.66. The predicted octanol–water partition coefficient (Wildman–Crippen LogP) is 6.20. The minimum atomic E-state index is -3.55. The van der Waals surface area contributed by atoms with E-state index in [-0.39, 0.29) is 12.5 Å². The minimum Gasteiger partial charge on any atom is -0.461 e. The molecule has 0 bridgehead atoms. The van der Waals surface area contributed by atoms with Crippen molar-refractivity contribution >= 4 is 27.6 Å². The van der Waals surface area contributed by atoms with Gasteiger partial charge in [-0.05, 0) is 60.2 Å². The normalized spacial score (nSPS) is 16.8. The molecule has 0 aromatic heterocycles. The lowest BCUT2D eigenvalue weighted by Crippen LogP contribution is -2.57. The number of hydrogen-bond acceptors (Lipinski definition) is 3. The van der Waals surface area contributed by atoms with Crippen LogP contribution in [0.2, 0.25) is 0 Å². The maximum atomic E-state index is 15.4. The Morgan fingerprint density at radius 1 is 1.26 bits per heavy atom. The van der Waals surface area contributed by atoms with E-state index >= 15 is 8.78 Å². The lowest BCUT2D eigenvalue weighted by Gasteiger charge is -2.43. The summed E-state index contributed by atoms with van der Waals surface area (Å²) < 4.78 is 36.4. The van der Waals surface area contributed by atoms with Crippen molar-refractivity contribution in [1.82, 2.24) is 0 Å². The van der Waals surface area contributed by atoms with Crippen LogP contribution in [0.3, 0.4) is 0 Å². The van der Waals surface area contributed by atoms with Crippen LogP contribution in [0.1, 0.15) is 58.8 Å². The van der Waals surface area contributed by atoms with Gasteiger partial charge in [-0.1, -0.05) is 44.7 Å². The van der Waals surface area contributed by atoms with Gasteiger partial charge >= 0.3 is 11.9 Å². The smallest absolute Gasteiger partial charge is 0.379 e. The summed E-state index contributed by atoms with van der Waals surface area (Å²) in [6, 6.07) is 6.22. The number of esters is 1. The van der Waals surface area contributed by atoms with Crippen LogP contribution in [-0.4, -0.2) is 31.1 Å². The Labute approximate surface area is 169 Å². The van der Waals surface area contributed by atoms with E-state index in [9.17, 15) is 4.79 Å². The molecule has 3 nitrogen and oxygen atoms in total. The maximum Gasteiger partial charge on any atom is 0.379 e. The molecule has 152 valence electrons. The molecule has 0 saturated heterocycles. The van der Waals surface area contributed by atoms with Crippen LogP contribution in [0.5, 0.6) is 0 Å². The van der Waals surface area contributed by atoms with E-state index < -0.39 is 17.9 Å². The number of carbonyl (C=O) groups is 1. The fourth-order valence-electron chi connectivity index (χ4n) is 3.97. The van der Waals surface area contributed by atoms with Crippen molar-refractivity contribution in [1.29, 1.82) is 0 Å². The van der Waals surface area contributed by atoms with Gasteiger partial charge in [-0.2, -0.15) is 8.78 Å². The molecule has 0 amide bonds. The molecule has 0 spiro atoms. The summed E-state index contributed by atoms with van der Waals surface area (Å²) in [5, 5.41) is 0. The zero-order valence-electron chi connectivity index (χ0n) is 16.2. The number of benzene rings is 1. The molecule has 1 atom stereocenters. The molecule has 2 rings (SSSR count). The summed E-state index contributed by atoms with van der Waals surface area (Å²) in [7, 11) is 0. The second-order valence-electron chi connectivity index (χ2n) is 7.18. The van der Waals surface area contributed by atoms with E-state index in [1.807, 2.05) is 31.2 Å². The first-order chi connectivity index (χ1) is 12.9. The molecule has 1 unspecified atom stereocenters. The highest BCUT2D eigenvalue weighted by molar-refractivity contribution is 9.10. The molecule has 0 radical (unpaired) electrons. The zero-order valence-corrected chi connectivity index (χ0v) is 17.8. The molecule has 1 aromatic carbocycles. The largest absolute Gasteiger partial charge is 0.461 e. The van der Waals surface area contributed by atoms with Crippen molar-refractivity contribution in [2.75, 3.05) is 18.1 Å². The van der Waals surface area contributed by atoms with Crippen LogP contribution < -0.4 is 4.90 Å². The number of rotatable bonds is 9. The van der Waals surface area contributed by atoms with Gasteiger partial charge in [-0.25, -0.2) is 4.79 Å². The van der Waals surface area contributed by atoms with Crippen LogP contribution in [0.25, 0.3) is 0 Å². The van der Waals surface area contributed by atoms with Crippen molar-refractivity contribution in [3.8, 4) is 0 Å². The summed E-state index contributed by atoms with van der Waals surface area (Å²) in [5.41, 5.74) is 0.713. The highest BCUT2D eigenvalue weighted by Crippen LogP contribution is 2.41. The molecule has 1 fully saturated rings. The number of nitrogens with zero attached hydrogens (tertiary/aromatic N) is 1. The first-order valence-corrected chi connectivity index (χ1v) is 10.8. The van der Waals surface area contributed by atoms with E-state index in [0.29, 0.717) is 25.1 Å². The van der Waals surface area contributed by atoms with Crippen LogP contribution in [0, 0.1) is 5.92 Å². The van der Waals surface area contributed by atoms with Gasteiger partial charge < -0.3 is 9.64 Å². The minimum absolute atomic E-state index is 0.0458. The lowest BCUT2D eigenvalue weighted by molar-refractivity contribution is -0.177. The third-order valence-electron chi connectivity index (χ3n) is 5.27. The lowest BCUT2D eigenvalue weighted by atomic mass is 9.80. The first kappa shape index (κ1) is 22.1. The highest BCUT2D eigenvalue weighted by Gasteiger charge is 2.54. The van der Waals surface area contributed by atoms with Gasteiger partial charge in [0.05, 0.1) is 12.3 Å². The average molecular weight is 446 g/mol. The molecular weight excluding hydrogens is 416 g/mol. The molecule has 1 saturated carbocycles. The molecule has 0 aliphatic heterocycles.